The van der Waals surface area contributed by atoms with Crippen LogP contribution in [0, 0.1) is 13.8 Å². The predicted molar refractivity (Wildman–Crippen MR) is 97.8 cm³/mol. The van der Waals surface area contributed by atoms with Crippen LogP contribution in [0.2, 0.25) is 0 Å². The van der Waals surface area contributed by atoms with Crippen LogP contribution in [-0.2, 0) is 17.8 Å². The van der Waals surface area contributed by atoms with Crippen molar-refractivity contribution in [3.05, 3.63) is 46.8 Å². The molecule has 0 bridgehead atoms. The summed E-state index contributed by atoms with van der Waals surface area (Å²) in [5.41, 5.74) is 9.01. The predicted octanol–water partition coefficient (Wildman–Crippen LogP) is 1.53. The van der Waals surface area contributed by atoms with Gasteiger partial charge in [0, 0.05) is 36.1 Å². The molecule has 2 heterocycles. The molecular weight excluding hydrogens is 332 g/mol. The van der Waals surface area contributed by atoms with Gasteiger partial charge in [0.2, 0.25) is 11.9 Å². The van der Waals surface area contributed by atoms with E-state index in [4.69, 9.17) is 10.5 Å². The minimum absolute atomic E-state index is 0.0173. The number of benzene rings is 1. The maximum Gasteiger partial charge on any atom is 0.254 e. The summed E-state index contributed by atoms with van der Waals surface area (Å²) in [6, 6.07) is 7.67. The van der Waals surface area contributed by atoms with Crippen LogP contribution in [0.1, 0.15) is 22.5 Å². The van der Waals surface area contributed by atoms with Crippen LogP contribution in [0.3, 0.4) is 0 Å². The molecule has 0 saturated heterocycles. The van der Waals surface area contributed by atoms with Crippen molar-refractivity contribution in [2.24, 2.45) is 0 Å². The summed E-state index contributed by atoms with van der Waals surface area (Å²) in [5, 5.41) is 4.14. The van der Waals surface area contributed by atoms with Gasteiger partial charge in [-0.25, -0.2) is 4.98 Å². The minimum atomic E-state index is -0.0173. The summed E-state index contributed by atoms with van der Waals surface area (Å²) in [5.74, 6) is 1.35. The van der Waals surface area contributed by atoms with Crippen molar-refractivity contribution in [1.82, 2.24) is 24.5 Å². The number of aryl methyl sites for hydroxylation is 2. The number of nitrogens with two attached hydrogens (primary N) is 1. The number of carbonyl (C=O) groups is 1. The molecule has 3 rings (SSSR count). The Kier molecular flexibility index (Phi) is 4.75. The summed E-state index contributed by atoms with van der Waals surface area (Å²) < 4.78 is 6.93. The number of methoxy groups -OCH3 is 1. The van der Waals surface area contributed by atoms with Gasteiger partial charge in [-0.05, 0) is 19.9 Å². The van der Waals surface area contributed by atoms with Crippen molar-refractivity contribution in [3.8, 4) is 5.75 Å². The molecule has 0 aliphatic heterocycles. The first-order valence-electron chi connectivity index (χ1n) is 8.25. The molecule has 0 atom stereocenters. The summed E-state index contributed by atoms with van der Waals surface area (Å²) >= 11 is 0. The number of carbonyl (C=O) groups excluding carboxylic acids is 1. The minimum Gasteiger partial charge on any atom is -0.496 e. The van der Waals surface area contributed by atoms with Crippen molar-refractivity contribution in [3.63, 3.8) is 0 Å². The highest BCUT2D eigenvalue weighted by atomic mass is 16.5. The molecule has 26 heavy (non-hydrogen) atoms. The van der Waals surface area contributed by atoms with E-state index in [1.807, 2.05) is 38.1 Å². The first-order chi connectivity index (χ1) is 12.4. The summed E-state index contributed by atoms with van der Waals surface area (Å²) in [4.78, 5) is 22.9. The van der Waals surface area contributed by atoms with Crippen molar-refractivity contribution in [1.29, 1.82) is 0 Å². The number of nitrogens with zero attached hydrogens (tertiary/aromatic N) is 5. The quantitative estimate of drug-likeness (QED) is 0.746. The molecule has 0 spiro atoms. The van der Waals surface area contributed by atoms with Crippen LogP contribution in [0.5, 0.6) is 5.75 Å². The topological polar surface area (TPSA) is 98.6 Å². The van der Waals surface area contributed by atoms with E-state index >= 15 is 0 Å². The van der Waals surface area contributed by atoms with Crippen LogP contribution in [0.4, 0.5) is 5.95 Å². The van der Waals surface area contributed by atoms with E-state index in [1.165, 1.54) is 0 Å². The van der Waals surface area contributed by atoms with Crippen LogP contribution >= 0.6 is 0 Å². The number of hydrogen-bond donors (Lipinski definition) is 1. The second kappa shape index (κ2) is 6.99. The Balaban J connectivity index is 1.82. The molecule has 8 nitrogen and oxygen atoms in total. The van der Waals surface area contributed by atoms with Gasteiger partial charge in [-0.2, -0.15) is 9.50 Å². The third-order valence-corrected chi connectivity index (χ3v) is 4.42. The zero-order valence-corrected chi connectivity index (χ0v) is 15.4. The molecule has 136 valence electrons. The molecule has 0 radical (unpaired) electrons. The van der Waals surface area contributed by atoms with Crippen LogP contribution < -0.4 is 10.5 Å². The smallest absolute Gasteiger partial charge is 0.254 e. The van der Waals surface area contributed by atoms with Crippen LogP contribution in [0.15, 0.2) is 24.3 Å². The number of anilines is 1. The van der Waals surface area contributed by atoms with Gasteiger partial charge in [0.1, 0.15) is 5.75 Å². The fourth-order valence-electron chi connectivity index (χ4n) is 2.94. The second-order valence-corrected chi connectivity index (χ2v) is 6.18. The van der Waals surface area contributed by atoms with Gasteiger partial charge in [-0.1, -0.05) is 18.2 Å². The molecular formula is C18H22N6O2. The van der Waals surface area contributed by atoms with Crippen molar-refractivity contribution >= 4 is 17.6 Å². The average molecular weight is 354 g/mol. The van der Waals surface area contributed by atoms with E-state index in [-0.39, 0.29) is 18.3 Å². The van der Waals surface area contributed by atoms with Gasteiger partial charge in [0.15, 0.2) is 0 Å². The monoisotopic (exact) mass is 354 g/mol. The highest BCUT2D eigenvalue weighted by Gasteiger charge is 2.18. The van der Waals surface area contributed by atoms with Crippen LogP contribution in [-0.4, -0.2) is 44.5 Å². The van der Waals surface area contributed by atoms with Gasteiger partial charge in [0.25, 0.3) is 5.78 Å². The Labute approximate surface area is 151 Å². The highest BCUT2D eigenvalue weighted by molar-refractivity contribution is 5.79. The Morgan fingerprint density at radius 1 is 1.27 bits per heavy atom. The molecule has 3 aromatic rings. The number of ether oxygens (including phenoxy) is 1. The van der Waals surface area contributed by atoms with Gasteiger partial charge < -0.3 is 15.4 Å². The van der Waals surface area contributed by atoms with Gasteiger partial charge >= 0.3 is 0 Å². The van der Waals surface area contributed by atoms with Crippen LogP contribution in [0.25, 0.3) is 5.78 Å². The van der Waals surface area contributed by atoms with E-state index in [0.29, 0.717) is 12.3 Å². The van der Waals surface area contributed by atoms with Crippen molar-refractivity contribution < 1.29 is 9.53 Å². The lowest BCUT2D eigenvalue weighted by Crippen LogP contribution is -2.28. The molecule has 0 fully saturated rings. The summed E-state index contributed by atoms with van der Waals surface area (Å²) in [7, 11) is 3.40. The van der Waals surface area contributed by atoms with E-state index < -0.39 is 0 Å². The van der Waals surface area contributed by atoms with Gasteiger partial charge in [-0.15, -0.1) is 5.10 Å². The highest BCUT2D eigenvalue weighted by Crippen LogP contribution is 2.20. The standard InChI is InChI=1S/C18H22N6O2/c1-11-14(12(2)24-18(20-11)21-17(19)22-24)9-16(25)23(3)10-13-7-5-6-8-15(13)26-4/h5-8H,9-10H2,1-4H3,(H2,19,22). The number of rotatable bonds is 5. The van der Waals surface area contributed by atoms with E-state index in [1.54, 1.807) is 23.6 Å². The normalized spacial score (nSPS) is 10.9. The number of nitrogen functional groups attached to an aromatic ring is 1. The largest absolute Gasteiger partial charge is 0.496 e. The second-order valence-electron chi connectivity index (χ2n) is 6.18. The molecule has 1 aromatic carbocycles. The zero-order valence-electron chi connectivity index (χ0n) is 15.4. The zero-order chi connectivity index (χ0) is 18.8. The van der Waals surface area contributed by atoms with E-state index in [9.17, 15) is 4.79 Å². The van der Waals surface area contributed by atoms with E-state index in [2.05, 4.69) is 15.1 Å². The lowest BCUT2D eigenvalue weighted by molar-refractivity contribution is -0.129. The van der Waals surface area contributed by atoms with Gasteiger partial charge in [-0.3, -0.25) is 4.79 Å². The number of amides is 1. The number of aromatic nitrogens is 4. The Morgan fingerprint density at radius 2 is 2.00 bits per heavy atom. The number of likely N-dealkylation sites (N-methyl/N-ethyl adjacent to an activating group) is 1. The third-order valence-electron chi connectivity index (χ3n) is 4.42. The van der Waals surface area contributed by atoms with E-state index in [0.717, 1.165) is 28.3 Å². The van der Waals surface area contributed by atoms with Crippen molar-refractivity contribution in [2.75, 3.05) is 19.9 Å². The Hall–Kier alpha value is -3.16. The lowest BCUT2D eigenvalue weighted by Gasteiger charge is -2.20. The number of hydrogen-bond acceptors (Lipinski definition) is 6. The summed E-state index contributed by atoms with van der Waals surface area (Å²) in [6.45, 7) is 4.21. The molecule has 0 aliphatic carbocycles. The Bertz CT molecular complexity index is 966. The molecule has 0 saturated carbocycles. The molecule has 1 amide bonds. The fourth-order valence-corrected chi connectivity index (χ4v) is 2.94. The number of para-hydroxylation sites is 1. The number of fused-ring (bicyclic) bond motifs is 1. The average Bonchev–Trinajstić information content (AvgIpc) is 2.99. The molecule has 2 N–H and O–H groups in total. The maximum absolute atomic E-state index is 12.7. The maximum atomic E-state index is 12.7. The Morgan fingerprint density at radius 3 is 2.73 bits per heavy atom. The lowest BCUT2D eigenvalue weighted by atomic mass is 10.1. The SMILES string of the molecule is COc1ccccc1CN(C)C(=O)Cc1c(C)nc2nc(N)nn2c1C. The summed E-state index contributed by atoms with van der Waals surface area (Å²) in [6.07, 6.45) is 0.228. The third kappa shape index (κ3) is 3.30. The molecule has 2 aromatic heterocycles. The molecule has 0 aliphatic rings. The molecule has 0 unspecified atom stereocenters. The van der Waals surface area contributed by atoms with Gasteiger partial charge in [0.05, 0.1) is 13.5 Å². The van der Waals surface area contributed by atoms with Crippen molar-refractivity contribution in [2.45, 2.75) is 26.8 Å². The first-order valence-corrected chi connectivity index (χ1v) is 8.25. The fraction of sp³-hybridized carbons (Fsp3) is 0.333. The molecule has 8 heteroatoms. The first kappa shape index (κ1) is 17.7.